The third-order valence-corrected chi connectivity index (χ3v) is 2.98. The van der Waals surface area contributed by atoms with E-state index in [4.69, 9.17) is 10.5 Å². The standard InChI is InChI=1S/C16H18FNO/c1-11(2)13-4-3-5-14(9-13)19-16-7-6-12(10-18)8-15(16)17/h3-9,11H,10,18H2,1-2H3. The average Bonchev–Trinajstić information content (AvgIpc) is 2.41. The second-order valence-corrected chi connectivity index (χ2v) is 4.80. The highest BCUT2D eigenvalue weighted by Crippen LogP contribution is 2.27. The molecule has 0 heterocycles. The number of hydrogen-bond acceptors (Lipinski definition) is 2. The van der Waals surface area contributed by atoms with Gasteiger partial charge in [-0.05, 0) is 41.3 Å². The van der Waals surface area contributed by atoms with Crippen molar-refractivity contribution in [1.82, 2.24) is 0 Å². The van der Waals surface area contributed by atoms with Gasteiger partial charge in [0.2, 0.25) is 0 Å². The van der Waals surface area contributed by atoms with Crippen LogP contribution in [0.1, 0.15) is 30.9 Å². The topological polar surface area (TPSA) is 35.2 Å². The Hall–Kier alpha value is -1.87. The molecule has 0 aromatic heterocycles. The number of ether oxygens (including phenoxy) is 1. The number of nitrogens with two attached hydrogens (primary N) is 1. The smallest absolute Gasteiger partial charge is 0.166 e. The minimum atomic E-state index is -0.391. The molecule has 0 aliphatic rings. The van der Waals surface area contributed by atoms with Crippen LogP contribution in [0.2, 0.25) is 0 Å². The summed E-state index contributed by atoms with van der Waals surface area (Å²) in [5.41, 5.74) is 7.38. The molecule has 2 rings (SSSR count). The van der Waals surface area contributed by atoms with E-state index in [1.54, 1.807) is 12.1 Å². The largest absolute Gasteiger partial charge is 0.454 e. The maximum Gasteiger partial charge on any atom is 0.166 e. The van der Waals surface area contributed by atoms with E-state index in [1.165, 1.54) is 6.07 Å². The van der Waals surface area contributed by atoms with Gasteiger partial charge in [0.25, 0.3) is 0 Å². The lowest BCUT2D eigenvalue weighted by atomic mass is 10.0. The van der Waals surface area contributed by atoms with Crippen LogP contribution < -0.4 is 10.5 Å². The Labute approximate surface area is 113 Å². The Morgan fingerprint density at radius 2 is 1.95 bits per heavy atom. The Kier molecular flexibility index (Phi) is 4.17. The Bertz CT molecular complexity index is 566. The van der Waals surface area contributed by atoms with Crippen LogP contribution in [0.5, 0.6) is 11.5 Å². The molecule has 0 atom stereocenters. The number of benzene rings is 2. The molecule has 0 aliphatic heterocycles. The lowest BCUT2D eigenvalue weighted by molar-refractivity contribution is 0.441. The highest BCUT2D eigenvalue weighted by molar-refractivity contribution is 5.37. The van der Waals surface area contributed by atoms with E-state index in [2.05, 4.69) is 13.8 Å². The van der Waals surface area contributed by atoms with Gasteiger partial charge in [-0.25, -0.2) is 4.39 Å². The lowest BCUT2D eigenvalue weighted by Gasteiger charge is -2.10. The zero-order valence-corrected chi connectivity index (χ0v) is 11.2. The number of halogens is 1. The molecule has 2 nitrogen and oxygen atoms in total. The van der Waals surface area contributed by atoms with E-state index in [-0.39, 0.29) is 5.75 Å². The molecule has 19 heavy (non-hydrogen) atoms. The summed E-state index contributed by atoms with van der Waals surface area (Å²) in [5.74, 6) is 0.884. The monoisotopic (exact) mass is 259 g/mol. The van der Waals surface area contributed by atoms with Gasteiger partial charge in [-0.3, -0.25) is 0 Å². The normalized spacial score (nSPS) is 10.8. The quantitative estimate of drug-likeness (QED) is 0.893. The summed E-state index contributed by atoms with van der Waals surface area (Å²) in [5, 5.41) is 0. The van der Waals surface area contributed by atoms with Crippen molar-refractivity contribution in [3.63, 3.8) is 0 Å². The molecule has 0 fully saturated rings. The molecule has 0 amide bonds. The Morgan fingerprint density at radius 1 is 1.16 bits per heavy atom. The average molecular weight is 259 g/mol. The lowest BCUT2D eigenvalue weighted by Crippen LogP contribution is -1.98. The molecule has 2 aromatic rings. The molecule has 2 N–H and O–H groups in total. The van der Waals surface area contributed by atoms with Crippen molar-refractivity contribution < 1.29 is 9.13 Å². The van der Waals surface area contributed by atoms with Crippen molar-refractivity contribution >= 4 is 0 Å². The van der Waals surface area contributed by atoms with Crippen LogP contribution in [0.25, 0.3) is 0 Å². The first-order chi connectivity index (χ1) is 9.10. The molecule has 0 spiro atoms. The fraction of sp³-hybridized carbons (Fsp3) is 0.250. The summed E-state index contributed by atoms with van der Waals surface area (Å²) >= 11 is 0. The maximum absolute atomic E-state index is 13.8. The SMILES string of the molecule is CC(C)c1cccc(Oc2ccc(CN)cc2F)c1. The predicted molar refractivity (Wildman–Crippen MR) is 74.9 cm³/mol. The van der Waals surface area contributed by atoms with Gasteiger partial charge in [-0.15, -0.1) is 0 Å². The molecule has 0 saturated carbocycles. The highest BCUT2D eigenvalue weighted by atomic mass is 19.1. The first kappa shape index (κ1) is 13.6. The summed E-state index contributed by atoms with van der Waals surface area (Å²) in [6, 6.07) is 12.5. The fourth-order valence-corrected chi connectivity index (χ4v) is 1.82. The van der Waals surface area contributed by atoms with Gasteiger partial charge in [0.1, 0.15) is 5.75 Å². The molecule has 2 aromatic carbocycles. The van der Waals surface area contributed by atoms with Crippen molar-refractivity contribution in [3.8, 4) is 11.5 Å². The van der Waals surface area contributed by atoms with E-state index in [0.717, 1.165) is 11.1 Å². The molecule has 3 heteroatoms. The van der Waals surface area contributed by atoms with Crippen LogP contribution >= 0.6 is 0 Å². The van der Waals surface area contributed by atoms with E-state index < -0.39 is 5.82 Å². The summed E-state index contributed by atoms with van der Waals surface area (Å²) in [7, 11) is 0. The fourth-order valence-electron chi connectivity index (χ4n) is 1.82. The molecular weight excluding hydrogens is 241 g/mol. The zero-order chi connectivity index (χ0) is 13.8. The first-order valence-corrected chi connectivity index (χ1v) is 6.36. The van der Waals surface area contributed by atoms with Crippen LogP contribution in [0.15, 0.2) is 42.5 Å². The van der Waals surface area contributed by atoms with Crippen molar-refractivity contribution in [2.45, 2.75) is 26.3 Å². The van der Waals surface area contributed by atoms with Gasteiger partial charge < -0.3 is 10.5 Å². The van der Waals surface area contributed by atoms with Gasteiger partial charge in [-0.2, -0.15) is 0 Å². The predicted octanol–water partition coefficient (Wildman–Crippen LogP) is 4.20. The van der Waals surface area contributed by atoms with E-state index in [9.17, 15) is 4.39 Å². The molecule has 0 aliphatic carbocycles. The Balaban J connectivity index is 2.23. The van der Waals surface area contributed by atoms with Gasteiger partial charge in [-0.1, -0.05) is 32.0 Å². The van der Waals surface area contributed by atoms with Gasteiger partial charge in [0.15, 0.2) is 11.6 Å². The molecule has 0 radical (unpaired) electrons. The van der Waals surface area contributed by atoms with Gasteiger partial charge >= 0.3 is 0 Å². The molecule has 0 saturated heterocycles. The van der Waals surface area contributed by atoms with Crippen LogP contribution in [0.4, 0.5) is 4.39 Å². The Morgan fingerprint density at radius 3 is 2.58 bits per heavy atom. The summed E-state index contributed by atoms with van der Waals surface area (Å²) in [6.07, 6.45) is 0. The third kappa shape index (κ3) is 3.32. The van der Waals surface area contributed by atoms with Crippen molar-refractivity contribution in [2.75, 3.05) is 0 Å². The van der Waals surface area contributed by atoms with E-state index in [0.29, 0.717) is 18.2 Å². The zero-order valence-electron chi connectivity index (χ0n) is 11.2. The molecule has 0 unspecified atom stereocenters. The summed E-state index contributed by atoms with van der Waals surface area (Å²) in [4.78, 5) is 0. The summed E-state index contributed by atoms with van der Waals surface area (Å²) < 4.78 is 19.4. The molecular formula is C16H18FNO. The minimum Gasteiger partial charge on any atom is -0.454 e. The van der Waals surface area contributed by atoms with E-state index >= 15 is 0 Å². The summed E-state index contributed by atoms with van der Waals surface area (Å²) in [6.45, 7) is 4.53. The van der Waals surface area contributed by atoms with Crippen LogP contribution in [-0.2, 0) is 6.54 Å². The number of hydrogen-bond donors (Lipinski definition) is 1. The van der Waals surface area contributed by atoms with Crippen LogP contribution in [-0.4, -0.2) is 0 Å². The van der Waals surface area contributed by atoms with Crippen LogP contribution in [0, 0.1) is 5.82 Å². The van der Waals surface area contributed by atoms with E-state index in [1.807, 2.05) is 24.3 Å². The highest BCUT2D eigenvalue weighted by Gasteiger charge is 2.07. The second kappa shape index (κ2) is 5.85. The minimum absolute atomic E-state index is 0.220. The third-order valence-electron chi connectivity index (χ3n) is 2.98. The molecule has 100 valence electrons. The first-order valence-electron chi connectivity index (χ1n) is 6.36. The number of rotatable bonds is 4. The van der Waals surface area contributed by atoms with Crippen molar-refractivity contribution in [3.05, 3.63) is 59.4 Å². The van der Waals surface area contributed by atoms with Crippen LogP contribution in [0.3, 0.4) is 0 Å². The van der Waals surface area contributed by atoms with Gasteiger partial charge in [0, 0.05) is 6.54 Å². The van der Waals surface area contributed by atoms with Crippen molar-refractivity contribution in [1.29, 1.82) is 0 Å². The second-order valence-electron chi connectivity index (χ2n) is 4.80. The van der Waals surface area contributed by atoms with Gasteiger partial charge in [0.05, 0.1) is 0 Å². The van der Waals surface area contributed by atoms with Crippen molar-refractivity contribution in [2.24, 2.45) is 5.73 Å². The maximum atomic E-state index is 13.8. The molecule has 0 bridgehead atoms.